The summed E-state index contributed by atoms with van der Waals surface area (Å²) in [6, 6.07) is 12.1. The Morgan fingerprint density at radius 2 is 1.88 bits per heavy atom. The number of carbonyl (C=O) groups is 1. The lowest BCUT2D eigenvalue weighted by Crippen LogP contribution is -2.03. The molecule has 0 aliphatic carbocycles. The maximum Gasteiger partial charge on any atom is 0.335 e. The van der Waals surface area contributed by atoms with Gasteiger partial charge in [-0.05, 0) is 36.2 Å². The molecule has 0 aliphatic heterocycles. The Kier molecular flexibility index (Phi) is 7.14. The second kappa shape index (κ2) is 9.57. The van der Waals surface area contributed by atoms with Crippen LogP contribution in [0.4, 0.5) is 0 Å². The minimum Gasteiger partial charge on any atom is -0.497 e. The molecule has 0 heterocycles. The third-order valence-electron chi connectivity index (χ3n) is 3.72. The van der Waals surface area contributed by atoms with Crippen LogP contribution in [0.1, 0.15) is 42.1 Å². The molecule has 25 heavy (non-hydrogen) atoms. The number of benzene rings is 2. The Hall–Kier alpha value is -2.69. The monoisotopic (exact) mass is 344 g/mol. The first-order valence-electron chi connectivity index (χ1n) is 8.40. The molecule has 2 aromatic rings. The smallest absolute Gasteiger partial charge is 0.335 e. The molecular weight excluding hydrogens is 320 g/mol. The molecule has 0 amide bonds. The van der Waals surface area contributed by atoms with Crippen LogP contribution >= 0.6 is 0 Å². The standard InChI is InChI=1S/C20H24O5/c1-3-4-5-11-24-18-10-9-17(23-2)13-19(18)25-14-15-7-6-8-16(12-15)20(21)22/h6-10,12-13H,3-5,11,14H2,1-2H3,(H,21,22). The summed E-state index contributed by atoms with van der Waals surface area (Å²) in [5, 5.41) is 9.07. The van der Waals surface area contributed by atoms with Gasteiger partial charge in [-0.1, -0.05) is 31.9 Å². The second-order valence-electron chi connectivity index (χ2n) is 5.66. The van der Waals surface area contributed by atoms with Crippen molar-refractivity contribution in [1.29, 1.82) is 0 Å². The molecule has 1 N–H and O–H groups in total. The minimum absolute atomic E-state index is 0.239. The lowest BCUT2D eigenvalue weighted by Gasteiger charge is -2.14. The average molecular weight is 344 g/mol. The van der Waals surface area contributed by atoms with Crippen LogP contribution in [-0.4, -0.2) is 24.8 Å². The van der Waals surface area contributed by atoms with Gasteiger partial charge < -0.3 is 19.3 Å². The Bertz CT molecular complexity index is 696. The predicted octanol–water partition coefficient (Wildman–Crippen LogP) is 4.54. The number of rotatable bonds is 10. The molecular formula is C20H24O5. The van der Waals surface area contributed by atoms with Crippen LogP contribution in [0.3, 0.4) is 0 Å². The highest BCUT2D eigenvalue weighted by molar-refractivity contribution is 5.87. The second-order valence-corrected chi connectivity index (χ2v) is 5.66. The summed E-state index contributed by atoms with van der Waals surface area (Å²) < 4.78 is 16.9. The molecule has 0 fully saturated rings. The largest absolute Gasteiger partial charge is 0.497 e. The van der Waals surface area contributed by atoms with Crippen molar-refractivity contribution >= 4 is 5.97 Å². The van der Waals surface area contributed by atoms with Crippen molar-refractivity contribution in [2.45, 2.75) is 32.8 Å². The van der Waals surface area contributed by atoms with Crippen molar-refractivity contribution in [2.24, 2.45) is 0 Å². The zero-order chi connectivity index (χ0) is 18.1. The van der Waals surface area contributed by atoms with E-state index in [1.165, 1.54) is 0 Å². The lowest BCUT2D eigenvalue weighted by molar-refractivity contribution is 0.0696. The predicted molar refractivity (Wildman–Crippen MR) is 95.7 cm³/mol. The van der Waals surface area contributed by atoms with Gasteiger partial charge in [-0.3, -0.25) is 0 Å². The summed E-state index contributed by atoms with van der Waals surface area (Å²) in [4.78, 5) is 11.1. The highest BCUT2D eigenvalue weighted by Crippen LogP contribution is 2.32. The van der Waals surface area contributed by atoms with Gasteiger partial charge in [0.2, 0.25) is 0 Å². The molecule has 0 aliphatic rings. The summed E-state index contributed by atoms with van der Waals surface area (Å²) >= 11 is 0. The van der Waals surface area contributed by atoms with Crippen LogP contribution in [0, 0.1) is 0 Å². The molecule has 0 aromatic heterocycles. The highest BCUT2D eigenvalue weighted by atomic mass is 16.5. The summed E-state index contributed by atoms with van der Waals surface area (Å²) in [5.74, 6) is 0.959. The lowest BCUT2D eigenvalue weighted by atomic mass is 10.1. The van der Waals surface area contributed by atoms with Crippen LogP contribution in [0.5, 0.6) is 17.2 Å². The quantitative estimate of drug-likeness (QED) is 0.641. The van der Waals surface area contributed by atoms with E-state index >= 15 is 0 Å². The SMILES string of the molecule is CCCCCOc1ccc(OC)cc1OCc1cccc(C(=O)O)c1. The molecule has 0 spiro atoms. The van der Waals surface area contributed by atoms with Crippen LogP contribution in [-0.2, 0) is 6.61 Å². The van der Waals surface area contributed by atoms with Crippen molar-refractivity contribution in [2.75, 3.05) is 13.7 Å². The third-order valence-corrected chi connectivity index (χ3v) is 3.72. The third kappa shape index (κ3) is 5.71. The van der Waals surface area contributed by atoms with E-state index in [-0.39, 0.29) is 12.2 Å². The van der Waals surface area contributed by atoms with E-state index in [4.69, 9.17) is 19.3 Å². The topological polar surface area (TPSA) is 65.0 Å². The van der Waals surface area contributed by atoms with Crippen molar-refractivity contribution in [1.82, 2.24) is 0 Å². The van der Waals surface area contributed by atoms with Crippen molar-refractivity contribution < 1.29 is 24.1 Å². The first-order valence-corrected chi connectivity index (χ1v) is 8.40. The van der Waals surface area contributed by atoms with Crippen LogP contribution in [0.2, 0.25) is 0 Å². The molecule has 0 saturated heterocycles. The Morgan fingerprint density at radius 1 is 1.04 bits per heavy atom. The first-order chi connectivity index (χ1) is 12.1. The van der Waals surface area contributed by atoms with Gasteiger partial charge in [0.1, 0.15) is 12.4 Å². The number of methoxy groups -OCH3 is 1. The van der Waals surface area contributed by atoms with Crippen molar-refractivity contribution in [3.8, 4) is 17.2 Å². The molecule has 0 bridgehead atoms. The van der Waals surface area contributed by atoms with Crippen LogP contribution in [0.15, 0.2) is 42.5 Å². The Morgan fingerprint density at radius 3 is 2.60 bits per heavy atom. The summed E-state index contributed by atoms with van der Waals surface area (Å²) in [5.41, 5.74) is 1.02. The Balaban J connectivity index is 2.08. The van der Waals surface area contributed by atoms with Crippen LogP contribution in [0.25, 0.3) is 0 Å². The highest BCUT2D eigenvalue weighted by Gasteiger charge is 2.09. The van der Waals surface area contributed by atoms with Crippen molar-refractivity contribution in [3.63, 3.8) is 0 Å². The van der Waals surface area contributed by atoms with Gasteiger partial charge in [-0.15, -0.1) is 0 Å². The van der Waals surface area contributed by atoms with Gasteiger partial charge in [-0.2, -0.15) is 0 Å². The van der Waals surface area contributed by atoms with E-state index in [1.54, 1.807) is 31.4 Å². The van der Waals surface area contributed by atoms with Gasteiger partial charge >= 0.3 is 5.97 Å². The molecule has 0 radical (unpaired) electrons. The summed E-state index contributed by atoms with van der Waals surface area (Å²) in [6.45, 7) is 3.03. The van der Waals surface area contributed by atoms with Gasteiger partial charge in [-0.25, -0.2) is 4.79 Å². The normalized spacial score (nSPS) is 10.3. The molecule has 2 rings (SSSR count). The van der Waals surface area contributed by atoms with E-state index in [9.17, 15) is 4.79 Å². The molecule has 5 nitrogen and oxygen atoms in total. The molecule has 2 aromatic carbocycles. The fraction of sp³-hybridized carbons (Fsp3) is 0.350. The van der Waals surface area contributed by atoms with Crippen LogP contribution < -0.4 is 14.2 Å². The van der Waals surface area contributed by atoms with Gasteiger partial charge in [0, 0.05) is 6.07 Å². The molecule has 0 saturated carbocycles. The summed E-state index contributed by atoms with van der Waals surface area (Å²) in [6.07, 6.45) is 3.24. The van der Waals surface area contributed by atoms with E-state index < -0.39 is 5.97 Å². The number of hydrogen-bond acceptors (Lipinski definition) is 4. The van der Waals surface area contributed by atoms with Gasteiger partial charge in [0.25, 0.3) is 0 Å². The molecule has 5 heteroatoms. The number of carboxylic acid groups (broad SMARTS) is 1. The molecule has 0 atom stereocenters. The zero-order valence-corrected chi connectivity index (χ0v) is 14.7. The molecule has 134 valence electrons. The minimum atomic E-state index is -0.955. The van der Waals surface area contributed by atoms with E-state index in [0.717, 1.165) is 24.8 Å². The maximum atomic E-state index is 11.1. The average Bonchev–Trinajstić information content (AvgIpc) is 2.64. The van der Waals surface area contributed by atoms with E-state index in [2.05, 4.69) is 6.92 Å². The maximum absolute atomic E-state index is 11.1. The van der Waals surface area contributed by atoms with Gasteiger partial charge in [0.05, 0.1) is 19.3 Å². The zero-order valence-electron chi connectivity index (χ0n) is 14.7. The summed E-state index contributed by atoms with van der Waals surface area (Å²) in [7, 11) is 1.59. The number of unbranched alkanes of at least 4 members (excludes halogenated alkanes) is 2. The van der Waals surface area contributed by atoms with E-state index in [0.29, 0.717) is 23.9 Å². The number of ether oxygens (including phenoxy) is 3. The number of aromatic carboxylic acids is 1. The Labute approximate surface area is 148 Å². The fourth-order valence-corrected chi connectivity index (χ4v) is 2.34. The number of hydrogen-bond donors (Lipinski definition) is 1. The molecule has 0 unspecified atom stereocenters. The van der Waals surface area contributed by atoms with E-state index in [1.807, 2.05) is 18.2 Å². The fourth-order valence-electron chi connectivity index (χ4n) is 2.34. The first kappa shape index (κ1) is 18.6. The van der Waals surface area contributed by atoms with Crippen molar-refractivity contribution in [3.05, 3.63) is 53.6 Å². The number of carboxylic acids is 1. The van der Waals surface area contributed by atoms with Gasteiger partial charge in [0.15, 0.2) is 11.5 Å².